The number of ether oxygens (including phenoxy) is 1. The molecule has 2 aromatic heterocycles. The standard InChI is InChI=1S/C31H27FN4O3/c1-18(29-34-31(37)39-35-29)28-23-12-10-19(14-21(23)17-38-27-15-22(32)11-13-24(27)28)16-36-26-9-5-4-8-25(26)33-30(36)20-6-2-3-7-20/h4-5,8-15,20H,2-3,6-7,16-17H2,1H3,(H,34,35,37). The zero-order chi connectivity index (χ0) is 26.5. The maximum absolute atomic E-state index is 14.2. The highest BCUT2D eigenvalue weighted by molar-refractivity contribution is 5.99. The Bertz CT molecular complexity index is 1810. The second kappa shape index (κ2) is 9.38. The molecule has 0 unspecified atom stereocenters. The molecule has 7 nitrogen and oxygen atoms in total. The minimum Gasteiger partial charge on any atom is -0.488 e. The number of allylic oxidation sites excluding steroid dienone is 1. The summed E-state index contributed by atoms with van der Waals surface area (Å²) < 4.78 is 27.5. The molecule has 8 heteroatoms. The zero-order valence-corrected chi connectivity index (χ0v) is 21.5. The van der Waals surface area contributed by atoms with E-state index in [9.17, 15) is 9.18 Å². The molecule has 196 valence electrons. The van der Waals surface area contributed by atoms with Crippen molar-refractivity contribution in [2.75, 3.05) is 0 Å². The lowest BCUT2D eigenvalue weighted by atomic mass is 9.89. The van der Waals surface area contributed by atoms with Crippen molar-refractivity contribution in [2.24, 2.45) is 0 Å². The minimum absolute atomic E-state index is 0.284. The predicted molar refractivity (Wildman–Crippen MR) is 146 cm³/mol. The first-order valence-corrected chi connectivity index (χ1v) is 13.3. The Hall–Kier alpha value is -4.46. The third kappa shape index (κ3) is 4.16. The molecule has 7 rings (SSSR count). The van der Waals surface area contributed by atoms with Crippen LogP contribution in [0.2, 0.25) is 0 Å². The summed E-state index contributed by atoms with van der Waals surface area (Å²) in [5.74, 6) is 1.40. The second-order valence-electron chi connectivity index (χ2n) is 10.4. The van der Waals surface area contributed by atoms with E-state index in [0.717, 1.165) is 44.7 Å². The van der Waals surface area contributed by atoms with Gasteiger partial charge in [0.05, 0.1) is 11.0 Å². The van der Waals surface area contributed by atoms with Crippen LogP contribution in [-0.4, -0.2) is 19.7 Å². The summed E-state index contributed by atoms with van der Waals surface area (Å²) in [5, 5.41) is 3.90. The Labute approximate surface area is 223 Å². The van der Waals surface area contributed by atoms with Crippen LogP contribution in [0.3, 0.4) is 0 Å². The summed E-state index contributed by atoms with van der Waals surface area (Å²) in [5.41, 5.74) is 7.45. The number of halogens is 1. The van der Waals surface area contributed by atoms with E-state index in [-0.39, 0.29) is 12.4 Å². The van der Waals surface area contributed by atoms with Gasteiger partial charge in [-0.2, -0.15) is 0 Å². The number of nitrogens with zero attached hydrogens (tertiary/aromatic N) is 3. The highest BCUT2D eigenvalue weighted by Crippen LogP contribution is 2.41. The van der Waals surface area contributed by atoms with Crippen LogP contribution in [0, 0.1) is 5.82 Å². The first-order chi connectivity index (χ1) is 19.0. The van der Waals surface area contributed by atoms with Crippen molar-refractivity contribution in [1.29, 1.82) is 0 Å². The number of nitrogens with one attached hydrogen (secondary N) is 1. The van der Waals surface area contributed by atoms with Crippen LogP contribution < -0.4 is 10.5 Å². The van der Waals surface area contributed by atoms with Gasteiger partial charge in [0.25, 0.3) is 0 Å². The molecule has 0 radical (unpaired) electrons. The summed E-state index contributed by atoms with van der Waals surface area (Å²) in [6, 6.07) is 19.2. The van der Waals surface area contributed by atoms with E-state index >= 15 is 0 Å². The van der Waals surface area contributed by atoms with Gasteiger partial charge >= 0.3 is 5.76 Å². The molecule has 3 heterocycles. The number of para-hydroxylation sites is 2. The molecule has 0 spiro atoms. The monoisotopic (exact) mass is 522 g/mol. The van der Waals surface area contributed by atoms with E-state index in [1.165, 1.54) is 37.8 Å². The molecule has 1 saturated carbocycles. The van der Waals surface area contributed by atoms with Crippen molar-refractivity contribution in [1.82, 2.24) is 19.7 Å². The Morgan fingerprint density at radius 1 is 1.08 bits per heavy atom. The van der Waals surface area contributed by atoms with Gasteiger partial charge in [-0.05, 0) is 72.4 Å². The minimum atomic E-state index is -0.629. The SMILES string of the molecule is CC(=C1c2ccc(Cn3c(C4CCCC4)nc4ccccc43)cc2COc2cc(F)ccc21)c1noc(=O)[nH]1. The molecule has 0 bridgehead atoms. The lowest BCUT2D eigenvalue weighted by molar-refractivity contribution is 0.305. The molecular formula is C31H27FN4O3. The molecule has 1 aliphatic carbocycles. The summed E-state index contributed by atoms with van der Waals surface area (Å²) in [7, 11) is 0. The van der Waals surface area contributed by atoms with Crippen molar-refractivity contribution in [3.8, 4) is 5.75 Å². The first-order valence-electron chi connectivity index (χ1n) is 13.3. The lowest BCUT2D eigenvalue weighted by Gasteiger charge is -2.16. The summed E-state index contributed by atoms with van der Waals surface area (Å²) in [6.07, 6.45) is 4.84. The quantitative estimate of drug-likeness (QED) is 0.294. The maximum atomic E-state index is 14.2. The first kappa shape index (κ1) is 23.6. The average Bonchev–Trinajstić information content (AvgIpc) is 3.68. The molecule has 0 amide bonds. The van der Waals surface area contributed by atoms with Gasteiger partial charge in [-0.1, -0.05) is 42.3 Å². The van der Waals surface area contributed by atoms with Crippen molar-refractivity contribution >= 4 is 22.2 Å². The third-order valence-electron chi connectivity index (χ3n) is 7.95. The molecule has 1 fully saturated rings. The fraction of sp³-hybridized carbons (Fsp3) is 0.258. The van der Waals surface area contributed by atoms with Crippen LogP contribution in [0.4, 0.5) is 4.39 Å². The van der Waals surface area contributed by atoms with Gasteiger partial charge in [0.2, 0.25) is 0 Å². The number of H-pyrrole nitrogens is 1. The van der Waals surface area contributed by atoms with Gasteiger partial charge in [0.1, 0.15) is 24.0 Å². The number of benzene rings is 3. The van der Waals surface area contributed by atoms with Gasteiger partial charge in [-0.3, -0.25) is 9.51 Å². The van der Waals surface area contributed by atoms with Gasteiger partial charge in [0.15, 0.2) is 5.82 Å². The van der Waals surface area contributed by atoms with Crippen LogP contribution in [0.1, 0.15) is 72.4 Å². The summed E-state index contributed by atoms with van der Waals surface area (Å²) in [4.78, 5) is 19.4. The molecular weight excluding hydrogens is 495 g/mol. The van der Waals surface area contributed by atoms with Crippen LogP contribution in [0.25, 0.3) is 22.2 Å². The largest absolute Gasteiger partial charge is 0.488 e. The Kier molecular flexibility index (Phi) is 5.68. The van der Waals surface area contributed by atoms with E-state index in [4.69, 9.17) is 14.2 Å². The van der Waals surface area contributed by atoms with Gasteiger partial charge in [-0.15, -0.1) is 0 Å². The smallest absolute Gasteiger partial charge is 0.439 e. The lowest BCUT2D eigenvalue weighted by Crippen LogP contribution is -2.09. The fourth-order valence-electron chi connectivity index (χ4n) is 6.08. The molecule has 39 heavy (non-hydrogen) atoms. The normalized spacial score (nSPS) is 16.6. The van der Waals surface area contributed by atoms with Crippen LogP contribution in [0.15, 0.2) is 70.0 Å². The Balaban J connectivity index is 1.35. The Morgan fingerprint density at radius 2 is 1.90 bits per heavy atom. The highest BCUT2D eigenvalue weighted by Gasteiger charge is 2.26. The number of hydrogen-bond acceptors (Lipinski definition) is 5. The predicted octanol–water partition coefficient (Wildman–Crippen LogP) is 6.43. The second-order valence-corrected chi connectivity index (χ2v) is 10.4. The molecule has 5 aromatic rings. The summed E-state index contributed by atoms with van der Waals surface area (Å²) >= 11 is 0. The number of rotatable bonds is 4. The van der Waals surface area contributed by atoms with Crippen LogP contribution >= 0.6 is 0 Å². The topological polar surface area (TPSA) is 85.9 Å². The van der Waals surface area contributed by atoms with E-state index < -0.39 is 5.76 Å². The maximum Gasteiger partial charge on any atom is 0.439 e. The third-order valence-corrected chi connectivity index (χ3v) is 7.95. The van der Waals surface area contributed by atoms with Gasteiger partial charge in [0, 0.05) is 29.7 Å². The van der Waals surface area contributed by atoms with Crippen molar-refractivity contribution in [2.45, 2.75) is 51.7 Å². The molecule has 0 saturated heterocycles. The molecule has 2 aliphatic rings. The van der Waals surface area contributed by atoms with Crippen molar-refractivity contribution < 1.29 is 13.7 Å². The highest BCUT2D eigenvalue weighted by atomic mass is 19.1. The summed E-state index contributed by atoms with van der Waals surface area (Å²) in [6.45, 7) is 2.84. The number of hydrogen-bond donors (Lipinski definition) is 1. The average molecular weight is 523 g/mol. The zero-order valence-electron chi connectivity index (χ0n) is 21.5. The van der Waals surface area contributed by atoms with Crippen LogP contribution in [0.5, 0.6) is 5.75 Å². The Morgan fingerprint density at radius 3 is 2.72 bits per heavy atom. The molecule has 1 N–H and O–H groups in total. The fourth-order valence-corrected chi connectivity index (χ4v) is 6.08. The number of aromatic nitrogens is 4. The van der Waals surface area contributed by atoms with Gasteiger partial charge < -0.3 is 9.30 Å². The number of imidazole rings is 1. The van der Waals surface area contributed by atoms with Crippen LogP contribution in [-0.2, 0) is 13.2 Å². The van der Waals surface area contributed by atoms with E-state index in [0.29, 0.717) is 29.6 Å². The van der Waals surface area contributed by atoms with Gasteiger partial charge in [-0.25, -0.2) is 14.2 Å². The molecule has 1 aliphatic heterocycles. The van der Waals surface area contributed by atoms with E-state index in [1.54, 1.807) is 6.07 Å². The van der Waals surface area contributed by atoms with Crippen molar-refractivity contribution in [3.05, 3.63) is 111 Å². The number of fused-ring (bicyclic) bond motifs is 3. The number of aromatic amines is 1. The van der Waals surface area contributed by atoms with E-state index in [1.807, 2.05) is 13.0 Å². The molecule has 0 atom stereocenters. The van der Waals surface area contributed by atoms with E-state index in [2.05, 4.69) is 51.1 Å². The molecule has 3 aromatic carbocycles. The van der Waals surface area contributed by atoms with Crippen molar-refractivity contribution in [3.63, 3.8) is 0 Å².